The Kier molecular flexibility index (Phi) is 4.84. The molecule has 92 valence electrons. The molecule has 0 saturated heterocycles. The number of aliphatic hydroxyl groups is 2. The van der Waals surface area contributed by atoms with Gasteiger partial charge in [0.25, 0.3) is 0 Å². The van der Waals surface area contributed by atoms with E-state index < -0.39 is 24.3 Å². The first-order valence-corrected chi connectivity index (χ1v) is 4.94. The summed E-state index contributed by atoms with van der Waals surface area (Å²) >= 11 is 0. The molecular formula is C11H13NO5. The fourth-order valence-corrected chi connectivity index (χ4v) is 1.36. The van der Waals surface area contributed by atoms with Crippen molar-refractivity contribution in [1.82, 2.24) is 0 Å². The summed E-state index contributed by atoms with van der Waals surface area (Å²) in [5.74, 6) is -0.568. The van der Waals surface area contributed by atoms with Gasteiger partial charge in [0.1, 0.15) is 12.2 Å². The lowest BCUT2D eigenvalue weighted by Gasteiger charge is -2.28. The number of carbonyl (C=O) groups excluding carboxylic acids is 1. The van der Waals surface area contributed by atoms with Crippen LogP contribution < -0.4 is 0 Å². The summed E-state index contributed by atoms with van der Waals surface area (Å²) < 4.78 is 9.54. The lowest BCUT2D eigenvalue weighted by atomic mass is 10.0. The quantitative estimate of drug-likeness (QED) is 0.498. The van der Waals surface area contributed by atoms with Crippen molar-refractivity contribution in [2.45, 2.75) is 18.3 Å². The number of nitriles is 1. The van der Waals surface area contributed by atoms with Gasteiger partial charge in [0.2, 0.25) is 0 Å². The normalized spacial score (nSPS) is 28.6. The molecule has 1 rings (SSSR count). The Morgan fingerprint density at radius 3 is 3.00 bits per heavy atom. The Balaban J connectivity index is 2.86. The van der Waals surface area contributed by atoms with Gasteiger partial charge in [0, 0.05) is 6.08 Å². The zero-order valence-electron chi connectivity index (χ0n) is 9.24. The van der Waals surface area contributed by atoms with Gasteiger partial charge in [-0.25, -0.2) is 4.79 Å². The zero-order chi connectivity index (χ0) is 12.8. The van der Waals surface area contributed by atoms with Crippen molar-refractivity contribution in [3.63, 3.8) is 0 Å². The average molecular weight is 239 g/mol. The first-order chi connectivity index (χ1) is 8.12. The fraction of sp³-hybridized carbons (Fsp3) is 0.455. The molecule has 2 N–H and O–H groups in total. The van der Waals surface area contributed by atoms with Gasteiger partial charge >= 0.3 is 5.97 Å². The van der Waals surface area contributed by atoms with Gasteiger partial charge < -0.3 is 19.7 Å². The molecule has 6 nitrogen and oxygen atoms in total. The van der Waals surface area contributed by atoms with Crippen molar-refractivity contribution >= 4 is 5.97 Å². The third kappa shape index (κ3) is 3.39. The summed E-state index contributed by atoms with van der Waals surface area (Å²) in [7, 11) is 1.23. The van der Waals surface area contributed by atoms with Crippen molar-refractivity contribution in [3.8, 4) is 6.07 Å². The minimum Gasteiger partial charge on any atom is -0.466 e. The second kappa shape index (κ2) is 6.15. The molecule has 1 heterocycles. The number of carbonyl (C=O) groups is 1. The Bertz CT molecular complexity index is 382. The molecule has 6 heteroatoms. The van der Waals surface area contributed by atoms with Crippen LogP contribution in [0.15, 0.2) is 23.8 Å². The first-order valence-electron chi connectivity index (χ1n) is 4.94. The number of nitrogens with zero attached hydrogens (tertiary/aromatic N) is 1. The molecule has 0 bridgehead atoms. The predicted octanol–water partition coefficient (Wildman–Crippen LogP) is -0.714. The summed E-state index contributed by atoms with van der Waals surface area (Å²) in [6.07, 6.45) is 1.09. The van der Waals surface area contributed by atoms with E-state index in [0.717, 1.165) is 6.08 Å². The highest BCUT2D eigenvalue weighted by atomic mass is 16.5. The van der Waals surface area contributed by atoms with Gasteiger partial charge in [-0.3, -0.25) is 0 Å². The molecule has 1 aliphatic rings. The number of methoxy groups -OCH3 is 1. The highest BCUT2D eigenvalue weighted by Gasteiger charge is 2.29. The summed E-state index contributed by atoms with van der Waals surface area (Å²) in [6, 6.07) is 1.86. The predicted molar refractivity (Wildman–Crippen MR) is 56.6 cm³/mol. The van der Waals surface area contributed by atoms with E-state index in [1.54, 1.807) is 0 Å². The van der Waals surface area contributed by atoms with Crippen LogP contribution in [0.5, 0.6) is 0 Å². The molecule has 0 amide bonds. The third-order valence-corrected chi connectivity index (χ3v) is 2.27. The minimum absolute atomic E-state index is 0.357. The minimum atomic E-state index is -1.01. The van der Waals surface area contributed by atoms with E-state index in [0.29, 0.717) is 5.57 Å². The molecule has 3 atom stereocenters. The molecule has 0 fully saturated rings. The Morgan fingerprint density at radius 1 is 1.76 bits per heavy atom. The zero-order valence-corrected chi connectivity index (χ0v) is 9.24. The van der Waals surface area contributed by atoms with E-state index in [9.17, 15) is 9.90 Å². The molecule has 17 heavy (non-hydrogen) atoms. The topological polar surface area (TPSA) is 99.8 Å². The molecule has 0 spiro atoms. The van der Waals surface area contributed by atoms with Gasteiger partial charge in [0.15, 0.2) is 6.10 Å². The lowest BCUT2D eigenvalue weighted by molar-refractivity contribution is -0.134. The summed E-state index contributed by atoms with van der Waals surface area (Å²) in [4.78, 5) is 10.9. The largest absolute Gasteiger partial charge is 0.466 e. The van der Waals surface area contributed by atoms with Crippen LogP contribution >= 0.6 is 0 Å². The van der Waals surface area contributed by atoms with Gasteiger partial charge in [-0.1, -0.05) is 0 Å². The highest BCUT2D eigenvalue weighted by molar-refractivity contribution is 5.82. The summed E-state index contributed by atoms with van der Waals surface area (Å²) in [6.45, 7) is -0.385. The maximum atomic E-state index is 10.9. The number of rotatable bonds is 3. The van der Waals surface area contributed by atoms with Crippen LogP contribution in [0.25, 0.3) is 0 Å². The van der Waals surface area contributed by atoms with Crippen LogP contribution in [0.1, 0.15) is 0 Å². The van der Waals surface area contributed by atoms with E-state index in [-0.39, 0.29) is 6.61 Å². The molecular weight excluding hydrogens is 226 g/mol. The van der Waals surface area contributed by atoms with Crippen LogP contribution in [-0.4, -0.2) is 48.2 Å². The van der Waals surface area contributed by atoms with Crippen LogP contribution in [0, 0.1) is 11.3 Å². The Hall–Kier alpha value is -1.68. The van der Waals surface area contributed by atoms with Crippen LogP contribution in [0.4, 0.5) is 0 Å². The maximum Gasteiger partial charge on any atom is 0.330 e. The van der Waals surface area contributed by atoms with Crippen LogP contribution in [0.2, 0.25) is 0 Å². The van der Waals surface area contributed by atoms with Crippen LogP contribution in [0.3, 0.4) is 0 Å². The number of hydrogen-bond donors (Lipinski definition) is 2. The molecule has 0 aromatic rings. The number of hydrogen-bond acceptors (Lipinski definition) is 6. The van der Waals surface area contributed by atoms with E-state index in [1.807, 2.05) is 6.07 Å². The maximum absolute atomic E-state index is 10.9. The summed E-state index contributed by atoms with van der Waals surface area (Å²) in [5.41, 5.74) is 0.357. The van der Waals surface area contributed by atoms with Crippen molar-refractivity contribution in [3.05, 3.63) is 23.8 Å². The van der Waals surface area contributed by atoms with Gasteiger partial charge in [0.05, 0.1) is 19.8 Å². The monoisotopic (exact) mass is 239 g/mol. The van der Waals surface area contributed by atoms with E-state index in [1.165, 1.54) is 19.3 Å². The van der Waals surface area contributed by atoms with Gasteiger partial charge in [-0.05, 0) is 17.7 Å². The molecule has 0 radical (unpaired) electrons. The Morgan fingerprint density at radius 2 is 2.47 bits per heavy atom. The number of esters is 1. The molecule has 0 unspecified atom stereocenters. The van der Waals surface area contributed by atoms with Crippen molar-refractivity contribution in [2.24, 2.45) is 0 Å². The molecule has 0 aromatic carbocycles. The van der Waals surface area contributed by atoms with Gasteiger partial charge in [-0.2, -0.15) is 5.26 Å². The second-order valence-corrected chi connectivity index (χ2v) is 3.38. The Labute approximate surface area is 98.4 Å². The summed E-state index contributed by atoms with van der Waals surface area (Å²) in [5, 5.41) is 27.3. The average Bonchev–Trinajstić information content (AvgIpc) is 2.35. The fourth-order valence-electron chi connectivity index (χ4n) is 1.36. The molecule has 1 aliphatic heterocycles. The van der Waals surface area contributed by atoms with E-state index in [4.69, 9.17) is 15.1 Å². The van der Waals surface area contributed by atoms with E-state index in [2.05, 4.69) is 4.74 Å². The van der Waals surface area contributed by atoms with Crippen molar-refractivity contribution in [1.29, 1.82) is 5.26 Å². The SMILES string of the molecule is COC(=O)/C=C/C1=C[C@H](O)[C@@H](CO)O[C@@H]1C#N. The molecule has 0 saturated carbocycles. The van der Waals surface area contributed by atoms with Gasteiger partial charge in [-0.15, -0.1) is 0 Å². The standard InChI is InChI=1S/C11H13NO5/c1-16-11(15)3-2-7-4-8(14)10(6-13)17-9(7)5-12/h2-4,8-10,13-14H,6H2,1H3/b3-2+/t8-,9+,10+/m0/s1. The lowest BCUT2D eigenvalue weighted by Crippen LogP contribution is -2.39. The third-order valence-electron chi connectivity index (χ3n) is 2.27. The highest BCUT2D eigenvalue weighted by Crippen LogP contribution is 2.20. The van der Waals surface area contributed by atoms with Crippen molar-refractivity contribution in [2.75, 3.05) is 13.7 Å². The van der Waals surface area contributed by atoms with Crippen molar-refractivity contribution < 1.29 is 24.5 Å². The van der Waals surface area contributed by atoms with Crippen LogP contribution in [-0.2, 0) is 14.3 Å². The number of aliphatic hydroxyl groups excluding tert-OH is 2. The van der Waals surface area contributed by atoms with E-state index >= 15 is 0 Å². The molecule has 0 aliphatic carbocycles. The molecule has 0 aromatic heterocycles. The first kappa shape index (κ1) is 13.4. The second-order valence-electron chi connectivity index (χ2n) is 3.38. The smallest absolute Gasteiger partial charge is 0.330 e. The number of ether oxygens (including phenoxy) is 2.